The van der Waals surface area contributed by atoms with Crippen molar-refractivity contribution in [2.45, 2.75) is 30.8 Å². The van der Waals surface area contributed by atoms with Gasteiger partial charge in [0, 0.05) is 30.0 Å². The molecule has 1 heterocycles. The van der Waals surface area contributed by atoms with Gasteiger partial charge >= 0.3 is 0 Å². The number of hydrogen-bond donors (Lipinski definition) is 0. The molecule has 0 N–H and O–H groups in total. The number of benzene rings is 1. The molecule has 0 saturated carbocycles. The van der Waals surface area contributed by atoms with Gasteiger partial charge in [0.2, 0.25) is 0 Å². The summed E-state index contributed by atoms with van der Waals surface area (Å²) in [4.78, 5) is 14.3. The van der Waals surface area contributed by atoms with Crippen LogP contribution in [0.2, 0.25) is 0 Å². The third kappa shape index (κ3) is 4.62. The maximum atomic E-state index is 12.8. The summed E-state index contributed by atoms with van der Waals surface area (Å²) in [6.07, 6.45) is 0.396. The van der Waals surface area contributed by atoms with Crippen LogP contribution in [0, 0.1) is 5.82 Å². The highest BCUT2D eigenvalue weighted by Crippen LogP contribution is 2.24. The number of nitrogens with zero attached hydrogens (tertiary/aromatic N) is 1. The minimum atomic E-state index is -0.257. The average Bonchev–Trinajstić information content (AvgIpc) is 2.30. The number of thioether (sulfide) groups is 1. The van der Waals surface area contributed by atoms with Crippen molar-refractivity contribution >= 4 is 17.5 Å². The first-order chi connectivity index (χ1) is 9.02. The number of ketones is 1. The van der Waals surface area contributed by atoms with Gasteiger partial charge in [-0.1, -0.05) is 26.0 Å². The van der Waals surface area contributed by atoms with E-state index in [-0.39, 0.29) is 11.6 Å². The Labute approximate surface area is 118 Å². The smallest absolute Gasteiger partial charge is 0.151 e. The summed E-state index contributed by atoms with van der Waals surface area (Å²) < 4.78 is 12.8. The Morgan fingerprint density at radius 1 is 1.26 bits per heavy atom. The predicted molar refractivity (Wildman–Crippen MR) is 78.1 cm³/mol. The van der Waals surface area contributed by atoms with Gasteiger partial charge in [-0.05, 0) is 17.7 Å². The standard InChI is InChI=1S/C15H20FNOS/c1-11-8-17(9-12(2)19-11)10-15(18)7-13-3-5-14(16)6-4-13/h3-6,11-12H,7-10H2,1-2H3. The van der Waals surface area contributed by atoms with E-state index in [0.717, 1.165) is 18.7 Å². The molecule has 0 amide bonds. The van der Waals surface area contributed by atoms with E-state index in [9.17, 15) is 9.18 Å². The number of Topliss-reactive ketones (excluding diaryl/α,β-unsaturated/α-hetero) is 1. The Balaban J connectivity index is 1.85. The maximum absolute atomic E-state index is 12.8. The van der Waals surface area contributed by atoms with Crippen molar-refractivity contribution in [1.29, 1.82) is 0 Å². The second kappa shape index (κ2) is 6.53. The highest BCUT2D eigenvalue weighted by Gasteiger charge is 2.23. The Morgan fingerprint density at radius 2 is 1.84 bits per heavy atom. The van der Waals surface area contributed by atoms with E-state index in [2.05, 4.69) is 18.7 Å². The molecular weight excluding hydrogens is 261 g/mol. The quantitative estimate of drug-likeness (QED) is 0.846. The third-order valence-electron chi connectivity index (χ3n) is 3.21. The topological polar surface area (TPSA) is 20.3 Å². The van der Waals surface area contributed by atoms with Gasteiger partial charge in [0.25, 0.3) is 0 Å². The van der Waals surface area contributed by atoms with E-state index in [1.807, 2.05) is 11.8 Å². The molecule has 1 aromatic rings. The summed E-state index contributed by atoms with van der Waals surface area (Å²) in [5.74, 6) is -0.0511. The van der Waals surface area contributed by atoms with Crippen LogP contribution in [0.15, 0.2) is 24.3 Å². The van der Waals surface area contributed by atoms with Gasteiger partial charge in [-0.15, -0.1) is 0 Å². The highest BCUT2D eigenvalue weighted by atomic mass is 32.2. The van der Waals surface area contributed by atoms with Gasteiger partial charge < -0.3 is 0 Å². The lowest BCUT2D eigenvalue weighted by atomic mass is 10.1. The van der Waals surface area contributed by atoms with Crippen LogP contribution in [-0.4, -0.2) is 40.8 Å². The summed E-state index contributed by atoms with van der Waals surface area (Å²) in [7, 11) is 0. The lowest BCUT2D eigenvalue weighted by Crippen LogP contribution is -2.43. The normalized spacial score (nSPS) is 24.4. The molecule has 2 nitrogen and oxygen atoms in total. The van der Waals surface area contributed by atoms with Gasteiger partial charge in [0.05, 0.1) is 6.54 Å². The minimum absolute atomic E-state index is 0.206. The summed E-state index contributed by atoms with van der Waals surface area (Å²) in [6.45, 7) is 6.87. The highest BCUT2D eigenvalue weighted by molar-refractivity contribution is 8.00. The summed E-state index contributed by atoms with van der Waals surface area (Å²) in [6, 6.07) is 6.18. The van der Waals surface area contributed by atoms with Gasteiger partial charge in [0.1, 0.15) is 5.82 Å². The van der Waals surface area contributed by atoms with E-state index in [1.165, 1.54) is 12.1 Å². The van der Waals surface area contributed by atoms with Gasteiger partial charge in [0.15, 0.2) is 5.78 Å². The second-order valence-corrected chi connectivity index (χ2v) is 7.17. The van der Waals surface area contributed by atoms with Crippen molar-refractivity contribution in [2.24, 2.45) is 0 Å². The van der Waals surface area contributed by atoms with Crippen molar-refractivity contribution in [2.75, 3.05) is 19.6 Å². The first-order valence-electron chi connectivity index (χ1n) is 6.67. The Kier molecular flexibility index (Phi) is 4.99. The molecule has 2 unspecified atom stereocenters. The molecule has 0 aromatic heterocycles. The molecule has 4 heteroatoms. The molecule has 0 radical (unpaired) electrons. The molecule has 104 valence electrons. The Morgan fingerprint density at radius 3 is 2.42 bits per heavy atom. The molecule has 1 saturated heterocycles. The maximum Gasteiger partial charge on any atom is 0.151 e. The molecule has 19 heavy (non-hydrogen) atoms. The fourth-order valence-electron chi connectivity index (χ4n) is 2.55. The molecule has 0 aliphatic carbocycles. The zero-order valence-corrected chi connectivity index (χ0v) is 12.3. The van der Waals surface area contributed by atoms with Crippen molar-refractivity contribution < 1.29 is 9.18 Å². The largest absolute Gasteiger partial charge is 0.298 e. The Bertz CT molecular complexity index is 424. The number of carbonyl (C=O) groups excluding carboxylic acids is 1. The fourth-order valence-corrected chi connectivity index (χ4v) is 3.94. The Hall–Kier alpha value is -0.870. The van der Waals surface area contributed by atoms with Gasteiger partial charge in [-0.2, -0.15) is 11.8 Å². The zero-order valence-electron chi connectivity index (χ0n) is 11.4. The molecule has 1 aromatic carbocycles. The summed E-state index contributed by atoms with van der Waals surface area (Å²) >= 11 is 1.98. The van der Waals surface area contributed by atoms with E-state index < -0.39 is 0 Å². The van der Waals surface area contributed by atoms with E-state index in [4.69, 9.17) is 0 Å². The van der Waals surface area contributed by atoms with E-state index >= 15 is 0 Å². The molecule has 1 aliphatic rings. The van der Waals surface area contributed by atoms with Crippen LogP contribution in [-0.2, 0) is 11.2 Å². The van der Waals surface area contributed by atoms with Crippen molar-refractivity contribution in [3.63, 3.8) is 0 Å². The van der Waals surface area contributed by atoms with E-state index in [1.54, 1.807) is 12.1 Å². The van der Waals surface area contributed by atoms with Gasteiger partial charge in [-0.25, -0.2) is 4.39 Å². The molecular formula is C15H20FNOS. The number of halogens is 1. The zero-order chi connectivity index (χ0) is 13.8. The van der Waals surface area contributed by atoms with Crippen LogP contribution in [0.5, 0.6) is 0 Å². The van der Waals surface area contributed by atoms with Crippen LogP contribution >= 0.6 is 11.8 Å². The lowest BCUT2D eigenvalue weighted by Gasteiger charge is -2.34. The van der Waals surface area contributed by atoms with Crippen LogP contribution in [0.3, 0.4) is 0 Å². The fraction of sp³-hybridized carbons (Fsp3) is 0.533. The summed E-state index contributed by atoms with van der Waals surface area (Å²) in [5.41, 5.74) is 0.888. The number of carbonyl (C=O) groups is 1. The van der Waals surface area contributed by atoms with Gasteiger partial charge in [-0.3, -0.25) is 9.69 Å². The van der Waals surface area contributed by atoms with Crippen molar-refractivity contribution in [3.05, 3.63) is 35.6 Å². The molecule has 2 atom stereocenters. The van der Waals surface area contributed by atoms with E-state index in [0.29, 0.717) is 23.5 Å². The number of rotatable bonds is 4. The average molecular weight is 281 g/mol. The summed E-state index contributed by atoms with van der Waals surface area (Å²) in [5, 5.41) is 1.17. The van der Waals surface area contributed by atoms with Crippen molar-refractivity contribution in [1.82, 2.24) is 4.90 Å². The van der Waals surface area contributed by atoms with Crippen molar-refractivity contribution in [3.8, 4) is 0 Å². The minimum Gasteiger partial charge on any atom is -0.298 e. The molecule has 0 bridgehead atoms. The molecule has 0 spiro atoms. The molecule has 1 aliphatic heterocycles. The predicted octanol–water partition coefficient (Wildman–Crippen LogP) is 2.76. The molecule has 2 rings (SSSR count). The number of hydrogen-bond acceptors (Lipinski definition) is 3. The SMILES string of the molecule is CC1CN(CC(=O)Cc2ccc(F)cc2)CC(C)S1. The monoisotopic (exact) mass is 281 g/mol. The van der Waals surface area contributed by atoms with Crippen LogP contribution < -0.4 is 0 Å². The van der Waals surface area contributed by atoms with Crippen LogP contribution in [0.25, 0.3) is 0 Å². The lowest BCUT2D eigenvalue weighted by molar-refractivity contribution is -0.119. The molecule has 1 fully saturated rings. The third-order valence-corrected chi connectivity index (χ3v) is 4.44. The first-order valence-corrected chi connectivity index (χ1v) is 7.61. The second-order valence-electron chi connectivity index (χ2n) is 5.29. The first kappa shape index (κ1) is 14.5. The van der Waals surface area contributed by atoms with Crippen LogP contribution in [0.1, 0.15) is 19.4 Å². The van der Waals surface area contributed by atoms with Crippen LogP contribution in [0.4, 0.5) is 4.39 Å².